The van der Waals surface area contributed by atoms with Gasteiger partial charge in [-0.25, -0.2) is 4.68 Å². The number of carbonyl (C=O) groups is 1. The molecule has 2 aromatic heterocycles. The molecule has 2 heterocycles. The Morgan fingerprint density at radius 3 is 2.50 bits per heavy atom. The Labute approximate surface area is 103 Å². The molecule has 0 unspecified atom stereocenters. The van der Waals surface area contributed by atoms with Gasteiger partial charge in [0.15, 0.2) is 5.78 Å². The SMILES string of the molecule is CC(=O)c1c(-c2ccncc2)nn(C)c(=O)c1N. The standard InChI is InChI=1S/C12H12N4O2/c1-7(17)9-10(13)12(18)16(2)15-11(9)8-3-5-14-6-4-8/h3-6H,13H2,1-2H3. The molecular formula is C12H12N4O2. The molecule has 92 valence electrons. The van der Waals surface area contributed by atoms with Crippen molar-refractivity contribution < 1.29 is 4.79 Å². The smallest absolute Gasteiger partial charge is 0.290 e. The summed E-state index contributed by atoms with van der Waals surface area (Å²) in [4.78, 5) is 27.2. The van der Waals surface area contributed by atoms with Crippen LogP contribution in [0.15, 0.2) is 29.3 Å². The first-order valence-electron chi connectivity index (χ1n) is 5.30. The molecule has 0 spiro atoms. The Morgan fingerprint density at radius 1 is 1.33 bits per heavy atom. The first-order chi connectivity index (χ1) is 8.52. The number of Topliss-reactive ketones (excluding diaryl/α,β-unsaturated/α-hetero) is 1. The van der Waals surface area contributed by atoms with Crippen molar-refractivity contribution in [1.82, 2.24) is 14.8 Å². The second kappa shape index (κ2) is 4.40. The van der Waals surface area contributed by atoms with E-state index in [9.17, 15) is 9.59 Å². The summed E-state index contributed by atoms with van der Waals surface area (Å²) in [6, 6.07) is 3.41. The van der Waals surface area contributed by atoms with Crippen molar-refractivity contribution in [2.45, 2.75) is 6.92 Å². The molecule has 2 rings (SSSR count). The summed E-state index contributed by atoms with van der Waals surface area (Å²) in [6.07, 6.45) is 3.17. The highest BCUT2D eigenvalue weighted by Crippen LogP contribution is 2.23. The van der Waals surface area contributed by atoms with Crippen molar-refractivity contribution >= 4 is 11.5 Å². The highest BCUT2D eigenvalue weighted by molar-refractivity contribution is 6.04. The van der Waals surface area contributed by atoms with E-state index in [2.05, 4.69) is 10.1 Å². The van der Waals surface area contributed by atoms with Crippen LogP contribution in [0.3, 0.4) is 0 Å². The van der Waals surface area contributed by atoms with Crippen molar-refractivity contribution in [2.24, 2.45) is 7.05 Å². The van der Waals surface area contributed by atoms with Gasteiger partial charge >= 0.3 is 0 Å². The van der Waals surface area contributed by atoms with Crippen LogP contribution in [0, 0.1) is 0 Å². The van der Waals surface area contributed by atoms with Gasteiger partial charge in [0.1, 0.15) is 11.4 Å². The maximum Gasteiger partial charge on any atom is 0.290 e. The van der Waals surface area contributed by atoms with Gasteiger partial charge in [-0.2, -0.15) is 5.10 Å². The lowest BCUT2D eigenvalue weighted by Crippen LogP contribution is -2.26. The molecule has 0 saturated heterocycles. The number of carbonyl (C=O) groups excluding carboxylic acids is 1. The molecule has 2 N–H and O–H groups in total. The highest BCUT2D eigenvalue weighted by atomic mass is 16.1. The molecule has 0 aliphatic carbocycles. The van der Waals surface area contributed by atoms with Gasteiger partial charge in [-0.3, -0.25) is 14.6 Å². The number of nitrogens with two attached hydrogens (primary N) is 1. The molecule has 0 saturated carbocycles. The van der Waals surface area contributed by atoms with E-state index in [1.165, 1.54) is 14.0 Å². The minimum absolute atomic E-state index is 0.0770. The Hall–Kier alpha value is -2.50. The maximum atomic E-state index is 11.7. The Kier molecular flexibility index (Phi) is 2.93. The average molecular weight is 244 g/mol. The van der Waals surface area contributed by atoms with Crippen LogP contribution in [0.25, 0.3) is 11.3 Å². The zero-order chi connectivity index (χ0) is 13.3. The molecular weight excluding hydrogens is 232 g/mol. The van der Waals surface area contributed by atoms with E-state index in [4.69, 9.17) is 5.73 Å². The summed E-state index contributed by atoms with van der Waals surface area (Å²) in [5, 5.41) is 4.10. The van der Waals surface area contributed by atoms with E-state index >= 15 is 0 Å². The first-order valence-corrected chi connectivity index (χ1v) is 5.30. The summed E-state index contributed by atoms with van der Waals surface area (Å²) < 4.78 is 1.12. The number of hydrogen-bond acceptors (Lipinski definition) is 5. The van der Waals surface area contributed by atoms with Crippen LogP contribution < -0.4 is 11.3 Å². The summed E-state index contributed by atoms with van der Waals surface area (Å²) in [5.41, 5.74) is 6.40. The third kappa shape index (κ3) is 1.88. The van der Waals surface area contributed by atoms with Crippen LogP contribution in [-0.4, -0.2) is 20.5 Å². The second-order valence-corrected chi connectivity index (χ2v) is 3.86. The molecule has 18 heavy (non-hydrogen) atoms. The lowest BCUT2D eigenvalue weighted by molar-refractivity contribution is 0.101. The van der Waals surface area contributed by atoms with Crippen LogP contribution in [0.5, 0.6) is 0 Å². The second-order valence-electron chi connectivity index (χ2n) is 3.86. The number of ketones is 1. The average Bonchev–Trinajstić information content (AvgIpc) is 2.36. The van der Waals surface area contributed by atoms with Gasteiger partial charge in [-0.1, -0.05) is 0 Å². The summed E-state index contributed by atoms with van der Waals surface area (Å²) >= 11 is 0. The fraction of sp³-hybridized carbons (Fsp3) is 0.167. The van der Waals surface area contributed by atoms with Crippen molar-refractivity contribution in [3.63, 3.8) is 0 Å². The van der Waals surface area contributed by atoms with E-state index in [-0.39, 0.29) is 17.0 Å². The monoisotopic (exact) mass is 244 g/mol. The molecule has 2 aromatic rings. The third-order valence-corrected chi connectivity index (χ3v) is 2.59. The quantitative estimate of drug-likeness (QED) is 0.782. The number of rotatable bonds is 2. The number of pyridine rings is 1. The van der Waals surface area contributed by atoms with Gasteiger partial charge in [0, 0.05) is 25.0 Å². The molecule has 0 fully saturated rings. The van der Waals surface area contributed by atoms with Gasteiger partial charge in [-0.15, -0.1) is 0 Å². The van der Waals surface area contributed by atoms with Crippen LogP contribution >= 0.6 is 0 Å². The lowest BCUT2D eigenvalue weighted by atomic mass is 10.0. The molecule has 6 heteroatoms. The Morgan fingerprint density at radius 2 is 1.94 bits per heavy atom. The van der Waals surface area contributed by atoms with Crippen LogP contribution in [0.4, 0.5) is 5.69 Å². The van der Waals surface area contributed by atoms with Crippen molar-refractivity contribution in [2.75, 3.05) is 5.73 Å². The van der Waals surface area contributed by atoms with Gasteiger partial charge in [-0.05, 0) is 19.1 Å². The minimum Gasteiger partial charge on any atom is -0.394 e. The number of nitrogens with zero attached hydrogens (tertiary/aromatic N) is 3. The van der Waals surface area contributed by atoms with Crippen LogP contribution in [0.1, 0.15) is 17.3 Å². The fourth-order valence-electron chi connectivity index (χ4n) is 1.72. The molecule has 0 aromatic carbocycles. The number of anilines is 1. The van der Waals surface area contributed by atoms with Gasteiger partial charge < -0.3 is 5.73 Å². The Bertz CT molecular complexity index is 662. The lowest BCUT2D eigenvalue weighted by Gasteiger charge is -2.10. The van der Waals surface area contributed by atoms with Gasteiger partial charge in [0.25, 0.3) is 5.56 Å². The number of aryl methyl sites for hydroxylation is 1. The molecule has 0 amide bonds. The Balaban J connectivity index is 2.83. The fourth-order valence-corrected chi connectivity index (χ4v) is 1.72. The molecule has 0 aliphatic heterocycles. The molecule has 6 nitrogen and oxygen atoms in total. The largest absolute Gasteiger partial charge is 0.394 e. The van der Waals surface area contributed by atoms with Crippen LogP contribution in [-0.2, 0) is 7.05 Å². The molecule has 0 aliphatic rings. The van der Waals surface area contributed by atoms with E-state index in [0.29, 0.717) is 11.3 Å². The molecule has 0 radical (unpaired) electrons. The summed E-state index contributed by atoms with van der Waals surface area (Å²) in [6.45, 7) is 1.36. The number of aromatic nitrogens is 3. The first kappa shape index (κ1) is 12.0. The highest BCUT2D eigenvalue weighted by Gasteiger charge is 2.18. The molecule has 0 atom stereocenters. The minimum atomic E-state index is -0.474. The van der Waals surface area contributed by atoms with Crippen LogP contribution in [0.2, 0.25) is 0 Å². The third-order valence-electron chi connectivity index (χ3n) is 2.59. The summed E-state index contributed by atoms with van der Waals surface area (Å²) in [7, 11) is 1.49. The zero-order valence-corrected chi connectivity index (χ0v) is 10.0. The number of hydrogen-bond donors (Lipinski definition) is 1. The maximum absolute atomic E-state index is 11.7. The van der Waals surface area contributed by atoms with E-state index in [1.54, 1.807) is 24.5 Å². The topological polar surface area (TPSA) is 90.9 Å². The van der Waals surface area contributed by atoms with E-state index in [1.807, 2.05) is 0 Å². The van der Waals surface area contributed by atoms with E-state index < -0.39 is 5.56 Å². The van der Waals surface area contributed by atoms with Crippen molar-refractivity contribution in [3.8, 4) is 11.3 Å². The predicted octanol–water partition coefficient (Wildman–Crippen LogP) is 0.627. The predicted molar refractivity (Wildman–Crippen MR) is 67.1 cm³/mol. The molecule has 0 bridgehead atoms. The van der Waals surface area contributed by atoms with Crippen molar-refractivity contribution in [1.29, 1.82) is 0 Å². The number of nitrogen functional groups attached to an aromatic ring is 1. The normalized spacial score (nSPS) is 10.3. The van der Waals surface area contributed by atoms with Gasteiger partial charge in [0.2, 0.25) is 0 Å². The zero-order valence-electron chi connectivity index (χ0n) is 10.0. The summed E-state index contributed by atoms with van der Waals surface area (Å²) in [5.74, 6) is -0.287. The van der Waals surface area contributed by atoms with Crippen molar-refractivity contribution in [3.05, 3.63) is 40.4 Å². The van der Waals surface area contributed by atoms with Gasteiger partial charge in [0.05, 0.1) is 5.56 Å². The van der Waals surface area contributed by atoms with E-state index in [0.717, 1.165) is 4.68 Å².